The number of aromatic nitrogens is 4. The summed E-state index contributed by atoms with van der Waals surface area (Å²) in [6.45, 7) is 6.99. The minimum Gasteiger partial charge on any atom is -0.384 e. The van der Waals surface area contributed by atoms with Gasteiger partial charge >= 0.3 is 0 Å². The number of fused-ring (bicyclic) bond motifs is 2. The molecule has 2 aromatic heterocycles. The molecular weight excluding hydrogens is 680 g/mol. The molecule has 4 aromatic rings. The van der Waals surface area contributed by atoms with Gasteiger partial charge in [0, 0.05) is 63.0 Å². The number of nitriles is 2. The molecule has 0 bridgehead atoms. The predicted octanol–water partition coefficient (Wildman–Crippen LogP) is 6.77. The molecule has 0 amide bonds. The average Bonchev–Trinajstić information content (AvgIpc) is 3.11. The molecule has 2 fully saturated rings. The lowest BCUT2D eigenvalue weighted by Gasteiger charge is -2.34. The first-order valence-electron chi connectivity index (χ1n) is 17.1. The van der Waals surface area contributed by atoms with Gasteiger partial charge < -0.3 is 20.5 Å². The fourth-order valence-electron chi connectivity index (χ4n) is 7.37. The van der Waals surface area contributed by atoms with Gasteiger partial charge in [-0.05, 0) is 85.5 Å². The third-order valence-corrected chi connectivity index (χ3v) is 9.70. The predicted molar refractivity (Wildman–Crippen MR) is 197 cm³/mol. The summed E-state index contributed by atoms with van der Waals surface area (Å²) in [5.41, 5.74) is 12.9. The van der Waals surface area contributed by atoms with Crippen molar-refractivity contribution in [1.29, 1.82) is 10.5 Å². The Morgan fingerprint density at radius 1 is 0.714 bits per heavy atom. The summed E-state index contributed by atoms with van der Waals surface area (Å²) in [7, 11) is 3.41. The van der Waals surface area contributed by atoms with Gasteiger partial charge in [0.25, 0.3) is 0 Å². The number of nitrogens with two attached hydrogens (primary N) is 1. The number of nitrogens with one attached hydrogen (secondary N) is 1. The first-order valence-corrected chi connectivity index (χ1v) is 18.3. The van der Waals surface area contributed by atoms with E-state index >= 15 is 0 Å². The lowest BCUT2D eigenvalue weighted by atomic mass is 9.75. The van der Waals surface area contributed by atoms with Gasteiger partial charge in [0.1, 0.15) is 23.2 Å². The number of ether oxygens (including phenoxy) is 2. The SMILES string of the molecule is COCCBr.COCCN[C@@H]1C[C@H](C)C[C@H](c2ccc(C#N)c3nccnc23)C1.C[C@H]1C[C@@H](N)C[C@@H](c2ccc(C#N)c3nccnc23)C1. The zero-order valence-corrected chi connectivity index (χ0v) is 30.7. The molecule has 2 aliphatic rings. The van der Waals surface area contributed by atoms with Gasteiger partial charge in [0.2, 0.25) is 0 Å². The van der Waals surface area contributed by atoms with Crippen LogP contribution in [0.3, 0.4) is 0 Å². The van der Waals surface area contributed by atoms with E-state index in [4.69, 9.17) is 10.5 Å². The van der Waals surface area contributed by atoms with Crippen molar-refractivity contribution in [2.45, 2.75) is 76.3 Å². The molecule has 3 N–H and O–H groups in total. The van der Waals surface area contributed by atoms with E-state index in [2.05, 4.69) is 78.0 Å². The highest BCUT2D eigenvalue weighted by Gasteiger charge is 2.29. The number of halogens is 1. The van der Waals surface area contributed by atoms with Crippen molar-refractivity contribution in [3.63, 3.8) is 0 Å². The van der Waals surface area contributed by atoms with E-state index in [0.29, 0.717) is 46.4 Å². The van der Waals surface area contributed by atoms with Gasteiger partial charge in [-0.25, -0.2) is 0 Å². The topological polar surface area (TPSA) is 156 Å². The zero-order chi connectivity index (χ0) is 35.2. The van der Waals surface area contributed by atoms with Crippen molar-refractivity contribution in [2.24, 2.45) is 17.6 Å². The number of hydrogen-bond donors (Lipinski definition) is 2. The lowest BCUT2D eigenvalue weighted by molar-refractivity contribution is 0.185. The molecule has 6 atom stereocenters. The second-order valence-electron chi connectivity index (χ2n) is 13.2. The summed E-state index contributed by atoms with van der Waals surface area (Å²) in [5.74, 6) is 2.15. The fraction of sp³-hybridized carbons (Fsp3) is 0.526. The van der Waals surface area contributed by atoms with Crippen LogP contribution in [0.1, 0.15) is 86.5 Å². The van der Waals surface area contributed by atoms with Gasteiger partial charge in [0.15, 0.2) is 0 Å². The molecule has 0 spiro atoms. The quantitative estimate of drug-likeness (QED) is 0.147. The molecule has 0 radical (unpaired) electrons. The van der Waals surface area contributed by atoms with Crippen LogP contribution in [0.2, 0.25) is 0 Å². The summed E-state index contributed by atoms with van der Waals surface area (Å²) in [5, 5.41) is 23.0. The van der Waals surface area contributed by atoms with Crippen LogP contribution in [0.25, 0.3) is 22.1 Å². The number of methoxy groups -OCH3 is 2. The highest BCUT2D eigenvalue weighted by Crippen LogP contribution is 2.39. The van der Waals surface area contributed by atoms with Crippen LogP contribution in [0, 0.1) is 34.5 Å². The maximum Gasteiger partial charge on any atom is 0.107 e. The molecule has 2 heterocycles. The second-order valence-corrected chi connectivity index (χ2v) is 14.0. The molecule has 6 rings (SSSR count). The Labute approximate surface area is 299 Å². The van der Waals surface area contributed by atoms with Gasteiger partial charge in [-0.3, -0.25) is 19.9 Å². The number of alkyl halides is 1. The van der Waals surface area contributed by atoms with Gasteiger partial charge in [0.05, 0.1) is 35.4 Å². The van der Waals surface area contributed by atoms with Crippen molar-refractivity contribution < 1.29 is 9.47 Å². The molecule has 0 aliphatic heterocycles. The van der Waals surface area contributed by atoms with Gasteiger partial charge in [-0.15, -0.1) is 0 Å². The van der Waals surface area contributed by atoms with Gasteiger partial charge in [-0.1, -0.05) is 41.9 Å². The summed E-state index contributed by atoms with van der Waals surface area (Å²) in [6.07, 6.45) is 13.4. The van der Waals surface area contributed by atoms with Crippen molar-refractivity contribution in [3.05, 3.63) is 71.3 Å². The highest BCUT2D eigenvalue weighted by atomic mass is 79.9. The summed E-state index contributed by atoms with van der Waals surface area (Å²) < 4.78 is 9.79. The summed E-state index contributed by atoms with van der Waals surface area (Å²) in [6, 6.07) is 13.0. The Kier molecular flexibility index (Phi) is 15.3. The van der Waals surface area contributed by atoms with E-state index in [1.54, 1.807) is 39.0 Å². The number of benzene rings is 2. The summed E-state index contributed by atoms with van der Waals surface area (Å²) >= 11 is 3.18. The molecule has 11 heteroatoms. The monoisotopic (exact) mass is 728 g/mol. The molecule has 2 saturated carbocycles. The van der Waals surface area contributed by atoms with Crippen LogP contribution in [-0.4, -0.2) is 71.3 Å². The van der Waals surface area contributed by atoms with Crippen LogP contribution in [0.4, 0.5) is 0 Å². The maximum atomic E-state index is 9.30. The normalized spacial score (nSPS) is 23.3. The standard InChI is InChI=1S/C19H24N4O.C16H18N4.C3H7BrO/c1-13-9-15(11-16(10-13)21-7-8-24-2)17-4-3-14(12-20)18-19(17)23-6-5-22-18;1-10-6-12(8-13(18)7-10)14-3-2-11(9-17)15-16(14)20-5-4-19-15;1-5-3-2-4/h3-6,13,15-16,21H,7-11H2,1-2H3;2-5,10,12-13H,6-8,18H2,1H3;2-3H2,1H3/t13-,15+,16-;10-,12+,13-;/m11./s1. The third-order valence-electron chi connectivity index (χ3n) is 9.38. The molecule has 49 heavy (non-hydrogen) atoms. The van der Waals surface area contributed by atoms with E-state index in [1.807, 2.05) is 18.2 Å². The molecule has 0 saturated heterocycles. The Bertz CT molecular complexity index is 1710. The summed E-state index contributed by atoms with van der Waals surface area (Å²) in [4.78, 5) is 17.7. The van der Waals surface area contributed by atoms with E-state index in [1.165, 1.54) is 17.5 Å². The minimum absolute atomic E-state index is 0.256. The molecule has 2 aliphatic carbocycles. The Balaban J connectivity index is 0.000000197. The Morgan fingerprint density at radius 2 is 1.20 bits per heavy atom. The first kappa shape index (κ1) is 38.2. The van der Waals surface area contributed by atoms with Crippen LogP contribution in [-0.2, 0) is 9.47 Å². The van der Waals surface area contributed by atoms with E-state index in [9.17, 15) is 10.5 Å². The molecule has 0 unspecified atom stereocenters. The second kappa shape index (κ2) is 19.6. The van der Waals surface area contributed by atoms with Crippen molar-refractivity contribution in [1.82, 2.24) is 25.3 Å². The zero-order valence-electron chi connectivity index (χ0n) is 29.1. The van der Waals surface area contributed by atoms with E-state index in [-0.39, 0.29) is 6.04 Å². The highest BCUT2D eigenvalue weighted by molar-refractivity contribution is 9.09. The first-order chi connectivity index (χ1) is 23.8. The average molecular weight is 730 g/mol. The van der Waals surface area contributed by atoms with Crippen LogP contribution in [0.15, 0.2) is 49.1 Å². The third kappa shape index (κ3) is 10.5. The van der Waals surface area contributed by atoms with Crippen LogP contribution >= 0.6 is 15.9 Å². The largest absolute Gasteiger partial charge is 0.384 e. The number of hydrogen-bond acceptors (Lipinski definition) is 10. The number of rotatable bonds is 8. The molecular formula is C38H49BrN8O2. The smallest absolute Gasteiger partial charge is 0.107 e. The molecule has 2 aromatic carbocycles. The van der Waals surface area contributed by atoms with E-state index < -0.39 is 0 Å². The minimum atomic E-state index is 0.256. The Morgan fingerprint density at radius 3 is 1.65 bits per heavy atom. The molecule has 260 valence electrons. The van der Waals surface area contributed by atoms with Crippen LogP contribution < -0.4 is 11.1 Å². The van der Waals surface area contributed by atoms with Crippen molar-refractivity contribution >= 4 is 38.0 Å². The lowest BCUT2D eigenvalue weighted by Crippen LogP contribution is -2.38. The Hall–Kier alpha value is -3.58. The van der Waals surface area contributed by atoms with Gasteiger partial charge in [-0.2, -0.15) is 10.5 Å². The van der Waals surface area contributed by atoms with Crippen LogP contribution in [0.5, 0.6) is 0 Å². The fourth-order valence-corrected chi connectivity index (χ4v) is 7.69. The maximum absolute atomic E-state index is 9.30. The number of nitrogens with zero attached hydrogens (tertiary/aromatic N) is 6. The van der Waals surface area contributed by atoms with Crippen molar-refractivity contribution in [3.8, 4) is 12.1 Å². The van der Waals surface area contributed by atoms with Crippen molar-refractivity contribution in [2.75, 3.05) is 39.3 Å². The molecule has 10 nitrogen and oxygen atoms in total. The van der Waals surface area contributed by atoms with E-state index in [0.717, 1.165) is 73.7 Å².